The highest BCUT2D eigenvalue weighted by Crippen LogP contribution is 2.38. The average molecular weight is 168 g/mol. The normalized spacial score (nSPS) is 22.4. The van der Waals surface area contributed by atoms with Crippen molar-refractivity contribution in [2.24, 2.45) is 5.84 Å². The van der Waals surface area contributed by atoms with Gasteiger partial charge in [-0.2, -0.15) is 0 Å². The molecular formula is C9H16N2O. The zero-order valence-corrected chi connectivity index (χ0v) is 7.47. The molecule has 0 bridgehead atoms. The van der Waals surface area contributed by atoms with E-state index in [1.54, 1.807) is 7.11 Å². The van der Waals surface area contributed by atoms with E-state index in [1.807, 2.05) is 0 Å². The highest BCUT2D eigenvalue weighted by Gasteiger charge is 2.43. The van der Waals surface area contributed by atoms with Crippen molar-refractivity contribution in [3.63, 3.8) is 0 Å². The molecule has 3 heteroatoms. The lowest BCUT2D eigenvalue weighted by atomic mass is 9.73. The Kier molecular flexibility index (Phi) is 3.10. The molecule has 0 radical (unpaired) electrons. The van der Waals surface area contributed by atoms with Gasteiger partial charge < -0.3 is 4.74 Å². The van der Waals surface area contributed by atoms with Gasteiger partial charge in [0.15, 0.2) is 0 Å². The molecule has 1 aliphatic carbocycles. The fourth-order valence-corrected chi connectivity index (χ4v) is 1.73. The minimum Gasteiger partial charge on any atom is -0.377 e. The van der Waals surface area contributed by atoms with Crippen molar-refractivity contribution in [3.05, 3.63) is 0 Å². The van der Waals surface area contributed by atoms with Crippen LogP contribution in [0.4, 0.5) is 0 Å². The summed E-state index contributed by atoms with van der Waals surface area (Å²) in [5, 5.41) is 0. The minimum atomic E-state index is -0.0961. The van der Waals surface area contributed by atoms with E-state index < -0.39 is 0 Å². The van der Waals surface area contributed by atoms with Crippen LogP contribution in [0.25, 0.3) is 0 Å². The maximum absolute atomic E-state index is 5.44. The number of hydrazine groups is 1. The smallest absolute Gasteiger partial charge is 0.0853 e. The molecule has 0 saturated heterocycles. The Balaban J connectivity index is 2.56. The standard InChI is InChI=1S/C9H16N2O/c1-3-5-8(11-10)9(12-2)6-4-7-9/h1,8,11H,4-7,10H2,2H3. The maximum Gasteiger partial charge on any atom is 0.0853 e. The zero-order valence-electron chi connectivity index (χ0n) is 7.47. The van der Waals surface area contributed by atoms with Crippen LogP contribution in [0.5, 0.6) is 0 Å². The number of methoxy groups -OCH3 is 1. The molecule has 1 unspecified atom stereocenters. The molecule has 0 heterocycles. The van der Waals surface area contributed by atoms with Crippen molar-refractivity contribution in [2.45, 2.75) is 37.3 Å². The summed E-state index contributed by atoms with van der Waals surface area (Å²) in [6.45, 7) is 0. The summed E-state index contributed by atoms with van der Waals surface area (Å²) in [6, 6.07) is 0.0984. The number of rotatable bonds is 4. The molecule has 0 aromatic heterocycles. The van der Waals surface area contributed by atoms with E-state index in [4.69, 9.17) is 17.0 Å². The molecule has 3 N–H and O–H groups in total. The SMILES string of the molecule is C#CCC(NN)C1(OC)CCC1. The maximum atomic E-state index is 5.44. The van der Waals surface area contributed by atoms with Crippen LogP contribution in [0.1, 0.15) is 25.7 Å². The molecule has 1 aliphatic rings. The van der Waals surface area contributed by atoms with Crippen LogP contribution in [-0.4, -0.2) is 18.8 Å². The fourth-order valence-electron chi connectivity index (χ4n) is 1.73. The molecule has 1 atom stereocenters. The lowest BCUT2D eigenvalue weighted by Gasteiger charge is -2.45. The summed E-state index contributed by atoms with van der Waals surface area (Å²) in [7, 11) is 1.72. The molecule has 3 nitrogen and oxygen atoms in total. The van der Waals surface area contributed by atoms with Crippen LogP contribution in [-0.2, 0) is 4.74 Å². The van der Waals surface area contributed by atoms with Crippen molar-refractivity contribution in [2.75, 3.05) is 7.11 Å². The number of hydrogen-bond acceptors (Lipinski definition) is 3. The third kappa shape index (κ3) is 1.46. The van der Waals surface area contributed by atoms with Gasteiger partial charge >= 0.3 is 0 Å². The first kappa shape index (κ1) is 9.53. The Bertz CT molecular complexity index is 176. The summed E-state index contributed by atoms with van der Waals surface area (Å²) < 4.78 is 5.44. The Hall–Kier alpha value is -0.560. The van der Waals surface area contributed by atoms with Crippen LogP contribution in [0, 0.1) is 12.3 Å². The van der Waals surface area contributed by atoms with Gasteiger partial charge in [0.25, 0.3) is 0 Å². The molecule has 1 rings (SSSR count). The summed E-state index contributed by atoms with van der Waals surface area (Å²) in [4.78, 5) is 0. The average Bonchev–Trinajstić information content (AvgIpc) is 2.02. The molecule has 0 aromatic rings. The minimum absolute atomic E-state index is 0.0961. The highest BCUT2D eigenvalue weighted by atomic mass is 16.5. The second kappa shape index (κ2) is 3.90. The number of hydrogen-bond donors (Lipinski definition) is 2. The Labute approximate surface area is 73.6 Å². The quantitative estimate of drug-likeness (QED) is 0.363. The van der Waals surface area contributed by atoms with E-state index in [-0.39, 0.29) is 11.6 Å². The largest absolute Gasteiger partial charge is 0.377 e. The van der Waals surface area contributed by atoms with Gasteiger partial charge in [0.1, 0.15) is 0 Å². The summed E-state index contributed by atoms with van der Waals surface area (Å²) in [5.74, 6) is 8.01. The topological polar surface area (TPSA) is 47.3 Å². The van der Waals surface area contributed by atoms with Crippen molar-refractivity contribution in [1.82, 2.24) is 5.43 Å². The Morgan fingerprint density at radius 3 is 2.67 bits per heavy atom. The predicted octanol–water partition coefficient (Wildman–Crippen LogP) is 0.411. The number of nitrogens with two attached hydrogens (primary N) is 1. The molecule has 1 saturated carbocycles. The van der Waals surface area contributed by atoms with E-state index in [0.29, 0.717) is 6.42 Å². The van der Waals surface area contributed by atoms with Crippen molar-refractivity contribution in [3.8, 4) is 12.3 Å². The van der Waals surface area contributed by atoms with Gasteiger partial charge in [0.2, 0.25) is 0 Å². The summed E-state index contributed by atoms with van der Waals surface area (Å²) in [5.41, 5.74) is 2.63. The molecule has 12 heavy (non-hydrogen) atoms. The fraction of sp³-hybridized carbons (Fsp3) is 0.778. The number of ether oxygens (including phenoxy) is 1. The lowest BCUT2D eigenvalue weighted by molar-refractivity contribution is -0.0971. The third-order valence-corrected chi connectivity index (χ3v) is 2.76. The van der Waals surface area contributed by atoms with E-state index in [0.717, 1.165) is 12.8 Å². The number of nitrogens with one attached hydrogen (secondary N) is 1. The Morgan fingerprint density at radius 2 is 2.42 bits per heavy atom. The molecule has 0 aromatic carbocycles. The molecule has 0 aliphatic heterocycles. The van der Waals surface area contributed by atoms with Crippen LogP contribution < -0.4 is 11.3 Å². The third-order valence-electron chi connectivity index (χ3n) is 2.76. The summed E-state index contributed by atoms with van der Waals surface area (Å²) >= 11 is 0. The second-order valence-electron chi connectivity index (χ2n) is 3.25. The molecule has 1 fully saturated rings. The van der Waals surface area contributed by atoms with E-state index in [9.17, 15) is 0 Å². The first-order valence-corrected chi connectivity index (χ1v) is 4.24. The van der Waals surface area contributed by atoms with E-state index >= 15 is 0 Å². The van der Waals surface area contributed by atoms with Crippen molar-refractivity contribution < 1.29 is 4.74 Å². The number of terminal acetylenes is 1. The zero-order chi connectivity index (χ0) is 9.03. The van der Waals surface area contributed by atoms with Gasteiger partial charge in [0.05, 0.1) is 11.6 Å². The van der Waals surface area contributed by atoms with E-state index in [2.05, 4.69) is 11.3 Å². The van der Waals surface area contributed by atoms with Crippen LogP contribution in [0.3, 0.4) is 0 Å². The van der Waals surface area contributed by atoms with E-state index in [1.165, 1.54) is 6.42 Å². The molecular weight excluding hydrogens is 152 g/mol. The molecule has 68 valence electrons. The van der Waals surface area contributed by atoms with Gasteiger partial charge in [0, 0.05) is 13.5 Å². The van der Waals surface area contributed by atoms with Crippen LogP contribution in [0.15, 0.2) is 0 Å². The molecule has 0 amide bonds. The van der Waals surface area contributed by atoms with Gasteiger partial charge in [-0.1, -0.05) is 0 Å². The molecule has 0 spiro atoms. The van der Waals surface area contributed by atoms with Crippen molar-refractivity contribution >= 4 is 0 Å². The van der Waals surface area contributed by atoms with Crippen LogP contribution in [0.2, 0.25) is 0 Å². The predicted molar refractivity (Wildman–Crippen MR) is 48.2 cm³/mol. The highest BCUT2D eigenvalue weighted by molar-refractivity contribution is 5.04. The van der Waals surface area contributed by atoms with Crippen molar-refractivity contribution in [1.29, 1.82) is 0 Å². The van der Waals surface area contributed by atoms with Gasteiger partial charge in [-0.25, -0.2) is 0 Å². The summed E-state index contributed by atoms with van der Waals surface area (Å²) in [6.07, 6.45) is 9.18. The van der Waals surface area contributed by atoms with Crippen LogP contribution >= 0.6 is 0 Å². The first-order valence-electron chi connectivity index (χ1n) is 4.24. The van der Waals surface area contributed by atoms with Gasteiger partial charge in [-0.05, 0) is 19.3 Å². The first-order chi connectivity index (χ1) is 5.79. The second-order valence-corrected chi connectivity index (χ2v) is 3.25. The Morgan fingerprint density at radius 1 is 1.75 bits per heavy atom. The lowest BCUT2D eigenvalue weighted by Crippen LogP contribution is -2.58. The van der Waals surface area contributed by atoms with Gasteiger partial charge in [-0.3, -0.25) is 11.3 Å². The monoisotopic (exact) mass is 168 g/mol. The van der Waals surface area contributed by atoms with Gasteiger partial charge in [-0.15, -0.1) is 12.3 Å².